The molecule has 1 aliphatic carbocycles. The maximum absolute atomic E-state index is 13.3. The fourth-order valence-corrected chi connectivity index (χ4v) is 4.46. The minimum atomic E-state index is -1.29. The summed E-state index contributed by atoms with van der Waals surface area (Å²) in [6.45, 7) is 4.50. The second-order valence-electron chi connectivity index (χ2n) is 8.53. The second-order valence-corrected chi connectivity index (χ2v) is 8.53. The Morgan fingerprint density at radius 1 is 1.30 bits per heavy atom. The van der Waals surface area contributed by atoms with Crippen LogP contribution in [0.4, 0.5) is 0 Å². The highest BCUT2D eigenvalue weighted by Crippen LogP contribution is 2.37. The van der Waals surface area contributed by atoms with Gasteiger partial charge in [-0.2, -0.15) is 5.10 Å². The van der Waals surface area contributed by atoms with E-state index in [-0.39, 0.29) is 18.9 Å². The van der Waals surface area contributed by atoms with E-state index in [1.165, 1.54) is 0 Å². The van der Waals surface area contributed by atoms with Crippen LogP contribution in [0.1, 0.15) is 67.7 Å². The third kappa shape index (κ3) is 3.61. The lowest BCUT2D eigenvalue weighted by atomic mass is 9.72. The summed E-state index contributed by atoms with van der Waals surface area (Å²) in [7, 11) is 1.79. The largest absolute Gasteiger partial charge is 0.481 e. The number of aliphatic hydroxyl groups is 1. The molecule has 0 unspecified atom stereocenters. The highest BCUT2D eigenvalue weighted by Gasteiger charge is 2.50. The Bertz CT molecular complexity index is 727. The molecule has 0 saturated carbocycles. The van der Waals surface area contributed by atoms with Crippen molar-refractivity contribution < 1.29 is 19.8 Å². The lowest BCUT2D eigenvalue weighted by Crippen LogP contribution is -2.57. The molecule has 7 nitrogen and oxygen atoms in total. The number of aryl methyl sites for hydroxylation is 2. The van der Waals surface area contributed by atoms with Crippen molar-refractivity contribution in [3.05, 3.63) is 17.0 Å². The lowest BCUT2D eigenvalue weighted by molar-refractivity contribution is -0.163. The number of carbonyl (C=O) groups is 2. The zero-order valence-corrected chi connectivity index (χ0v) is 16.6. The first-order valence-electron chi connectivity index (χ1n) is 10.0. The minimum Gasteiger partial charge on any atom is -0.481 e. The van der Waals surface area contributed by atoms with Crippen molar-refractivity contribution >= 4 is 11.9 Å². The van der Waals surface area contributed by atoms with E-state index < -0.39 is 17.5 Å². The summed E-state index contributed by atoms with van der Waals surface area (Å²) in [5.41, 5.74) is 1.30. The average molecular weight is 377 g/mol. The molecule has 2 heterocycles. The van der Waals surface area contributed by atoms with Crippen LogP contribution in [0.25, 0.3) is 0 Å². The summed E-state index contributed by atoms with van der Waals surface area (Å²) in [5, 5.41) is 25.0. The molecule has 3 rings (SSSR count). The summed E-state index contributed by atoms with van der Waals surface area (Å²) in [5.74, 6) is -0.834. The molecule has 0 spiro atoms. The first kappa shape index (κ1) is 19.9. The highest BCUT2D eigenvalue weighted by molar-refractivity contribution is 5.95. The molecule has 1 aromatic rings. The standard InChI is InChI=1S/C20H31N3O4/c1-13(2)8-10-20(19(26)27)12-23(11-9-16(20)24)18(25)17-14-6-4-5-7-15(14)21-22(17)3/h13,16,24H,4-12H2,1-3H3,(H,26,27)/t16-,20-/m1/s1. The van der Waals surface area contributed by atoms with Gasteiger partial charge in [0.15, 0.2) is 0 Å². The molecule has 1 aliphatic heterocycles. The van der Waals surface area contributed by atoms with E-state index in [9.17, 15) is 19.8 Å². The third-order valence-electron chi connectivity index (χ3n) is 6.19. The van der Waals surface area contributed by atoms with E-state index >= 15 is 0 Å². The predicted molar refractivity (Wildman–Crippen MR) is 101 cm³/mol. The van der Waals surface area contributed by atoms with Crippen molar-refractivity contribution in [3.8, 4) is 0 Å². The van der Waals surface area contributed by atoms with Crippen LogP contribution in [-0.2, 0) is 24.7 Å². The number of carboxylic acid groups (broad SMARTS) is 1. The van der Waals surface area contributed by atoms with E-state index in [4.69, 9.17) is 0 Å². The number of aliphatic hydroxyl groups excluding tert-OH is 1. The Balaban J connectivity index is 1.88. The van der Waals surface area contributed by atoms with Gasteiger partial charge in [-0.15, -0.1) is 0 Å². The molecular weight excluding hydrogens is 346 g/mol. The maximum atomic E-state index is 13.3. The van der Waals surface area contributed by atoms with Crippen LogP contribution >= 0.6 is 0 Å². The van der Waals surface area contributed by atoms with Gasteiger partial charge in [-0.3, -0.25) is 14.3 Å². The van der Waals surface area contributed by atoms with E-state index in [0.29, 0.717) is 31.0 Å². The summed E-state index contributed by atoms with van der Waals surface area (Å²) in [6.07, 6.45) is 4.30. The van der Waals surface area contributed by atoms with Crippen LogP contribution in [0, 0.1) is 11.3 Å². The van der Waals surface area contributed by atoms with Gasteiger partial charge in [-0.25, -0.2) is 0 Å². The summed E-state index contributed by atoms with van der Waals surface area (Å²) in [4.78, 5) is 27.1. The Kier molecular flexibility index (Phi) is 5.60. The summed E-state index contributed by atoms with van der Waals surface area (Å²) >= 11 is 0. The lowest BCUT2D eigenvalue weighted by Gasteiger charge is -2.43. The van der Waals surface area contributed by atoms with Crippen LogP contribution in [-0.4, -0.2) is 56.0 Å². The van der Waals surface area contributed by atoms with Crippen molar-refractivity contribution in [1.29, 1.82) is 0 Å². The van der Waals surface area contributed by atoms with Crippen LogP contribution in [0.2, 0.25) is 0 Å². The number of piperidine rings is 1. The van der Waals surface area contributed by atoms with Crippen LogP contribution in [0.3, 0.4) is 0 Å². The van der Waals surface area contributed by atoms with Crippen molar-refractivity contribution in [2.75, 3.05) is 13.1 Å². The first-order valence-corrected chi connectivity index (χ1v) is 10.0. The van der Waals surface area contributed by atoms with Crippen LogP contribution in [0.5, 0.6) is 0 Å². The number of carboxylic acids is 1. The zero-order valence-electron chi connectivity index (χ0n) is 16.6. The molecule has 2 aliphatic rings. The second kappa shape index (κ2) is 7.62. The molecule has 0 radical (unpaired) electrons. The number of hydrogen-bond donors (Lipinski definition) is 2. The quantitative estimate of drug-likeness (QED) is 0.818. The molecule has 2 atom stereocenters. The number of aromatic nitrogens is 2. The number of rotatable bonds is 5. The molecule has 0 aromatic carbocycles. The summed E-state index contributed by atoms with van der Waals surface area (Å²) < 4.78 is 1.65. The average Bonchev–Trinajstić information content (AvgIpc) is 2.96. The molecule has 1 saturated heterocycles. The van der Waals surface area contributed by atoms with Crippen LogP contribution < -0.4 is 0 Å². The van der Waals surface area contributed by atoms with Gasteiger partial charge in [0.2, 0.25) is 0 Å². The molecule has 0 bridgehead atoms. The molecule has 27 heavy (non-hydrogen) atoms. The predicted octanol–water partition coefficient (Wildman–Crippen LogP) is 2.01. The van der Waals surface area contributed by atoms with Gasteiger partial charge < -0.3 is 15.1 Å². The molecule has 7 heteroatoms. The van der Waals surface area contributed by atoms with Gasteiger partial charge in [0.25, 0.3) is 5.91 Å². The first-order chi connectivity index (χ1) is 12.8. The number of hydrogen-bond acceptors (Lipinski definition) is 4. The van der Waals surface area contributed by atoms with E-state index in [0.717, 1.165) is 36.9 Å². The number of carbonyl (C=O) groups excluding carboxylic acids is 1. The molecule has 1 amide bonds. The van der Waals surface area contributed by atoms with Crippen molar-refractivity contribution in [3.63, 3.8) is 0 Å². The van der Waals surface area contributed by atoms with Gasteiger partial charge in [-0.05, 0) is 50.9 Å². The third-order valence-corrected chi connectivity index (χ3v) is 6.19. The monoisotopic (exact) mass is 377 g/mol. The van der Waals surface area contributed by atoms with Gasteiger partial charge in [0.1, 0.15) is 11.1 Å². The van der Waals surface area contributed by atoms with Crippen molar-refractivity contribution in [2.24, 2.45) is 18.4 Å². The maximum Gasteiger partial charge on any atom is 0.314 e. The van der Waals surface area contributed by atoms with Gasteiger partial charge in [0, 0.05) is 25.7 Å². The van der Waals surface area contributed by atoms with Crippen molar-refractivity contribution in [1.82, 2.24) is 14.7 Å². The molecule has 1 fully saturated rings. The van der Waals surface area contributed by atoms with E-state index in [1.54, 1.807) is 16.6 Å². The Morgan fingerprint density at radius 2 is 2.00 bits per heavy atom. The Labute approximate surface area is 160 Å². The zero-order chi connectivity index (χ0) is 19.8. The summed E-state index contributed by atoms with van der Waals surface area (Å²) in [6, 6.07) is 0. The van der Waals surface area contributed by atoms with E-state index in [1.807, 2.05) is 13.8 Å². The number of amides is 1. The molecule has 2 N–H and O–H groups in total. The highest BCUT2D eigenvalue weighted by atomic mass is 16.4. The smallest absolute Gasteiger partial charge is 0.314 e. The fraction of sp³-hybridized carbons (Fsp3) is 0.750. The van der Waals surface area contributed by atoms with E-state index in [2.05, 4.69) is 5.10 Å². The van der Waals surface area contributed by atoms with Crippen LogP contribution in [0.15, 0.2) is 0 Å². The molecule has 1 aromatic heterocycles. The number of fused-ring (bicyclic) bond motifs is 1. The Morgan fingerprint density at radius 3 is 2.67 bits per heavy atom. The van der Waals surface area contributed by atoms with Gasteiger partial charge in [-0.1, -0.05) is 13.8 Å². The Hall–Kier alpha value is -1.89. The topological polar surface area (TPSA) is 95.7 Å². The SMILES string of the molecule is CC(C)CC[C@@]1(C(=O)O)CN(C(=O)c2c3c(nn2C)CCCC3)CC[C@H]1O. The van der Waals surface area contributed by atoms with Gasteiger partial charge in [0.05, 0.1) is 11.8 Å². The molecular formula is C20H31N3O4. The minimum absolute atomic E-state index is 0.0506. The molecule has 150 valence electrons. The number of aliphatic carboxylic acids is 1. The number of nitrogens with zero attached hydrogens (tertiary/aromatic N) is 3. The van der Waals surface area contributed by atoms with Gasteiger partial charge >= 0.3 is 5.97 Å². The van der Waals surface area contributed by atoms with Crippen molar-refractivity contribution in [2.45, 2.75) is 64.9 Å². The number of likely N-dealkylation sites (tertiary alicyclic amines) is 1. The normalized spacial score (nSPS) is 25.5. The fourth-order valence-electron chi connectivity index (χ4n) is 4.46.